The van der Waals surface area contributed by atoms with Crippen LogP contribution in [0.15, 0.2) is 34.9 Å². The molecule has 0 amide bonds. The number of alkyl halides is 3. The van der Waals surface area contributed by atoms with E-state index in [9.17, 15) is 13.2 Å². The Hall–Kier alpha value is -1.96. The smallest absolute Gasteiger partial charge is 0.439 e. The third kappa shape index (κ3) is 4.25. The summed E-state index contributed by atoms with van der Waals surface area (Å²) < 4.78 is 45.8. The minimum atomic E-state index is -4.75. The van der Waals surface area contributed by atoms with Gasteiger partial charge in [0.1, 0.15) is 11.5 Å². The Morgan fingerprint density at radius 2 is 1.95 bits per heavy atom. The average molecular weight is 363 g/mol. The topological polar surface area (TPSA) is 57.4 Å². The maximum Gasteiger partial charge on any atom is 0.573 e. The summed E-state index contributed by atoms with van der Waals surface area (Å²) in [5.74, 6) is 0.188. The van der Waals surface area contributed by atoms with E-state index in [1.54, 1.807) is 13.1 Å². The molecule has 0 saturated heterocycles. The van der Waals surface area contributed by atoms with Crippen LogP contribution in [-0.2, 0) is 0 Å². The number of nitrogens with zero attached hydrogens (tertiary/aromatic N) is 1. The van der Waals surface area contributed by atoms with Crippen molar-refractivity contribution in [2.75, 3.05) is 5.73 Å². The van der Waals surface area contributed by atoms with E-state index >= 15 is 0 Å². The second-order valence-corrected chi connectivity index (χ2v) is 4.98. The van der Waals surface area contributed by atoms with Gasteiger partial charge in [0.15, 0.2) is 0 Å². The molecule has 0 spiro atoms. The lowest BCUT2D eigenvalue weighted by Crippen LogP contribution is -2.17. The van der Waals surface area contributed by atoms with Crippen molar-refractivity contribution in [1.82, 2.24) is 4.98 Å². The largest absolute Gasteiger partial charge is 0.573 e. The van der Waals surface area contributed by atoms with E-state index in [0.29, 0.717) is 11.4 Å². The van der Waals surface area contributed by atoms with Crippen molar-refractivity contribution >= 4 is 21.6 Å². The molecule has 4 nitrogen and oxygen atoms in total. The van der Waals surface area contributed by atoms with Gasteiger partial charge in [-0.15, -0.1) is 13.2 Å². The van der Waals surface area contributed by atoms with Gasteiger partial charge in [-0.1, -0.05) is 0 Å². The van der Waals surface area contributed by atoms with Crippen molar-refractivity contribution in [2.45, 2.75) is 13.3 Å². The van der Waals surface area contributed by atoms with Crippen molar-refractivity contribution in [3.63, 3.8) is 0 Å². The number of hydrogen-bond acceptors (Lipinski definition) is 4. The van der Waals surface area contributed by atoms with Crippen molar-refractivity contribution in [3.05, 3.63) is 40.5 Å². The van der Waals surface area contributed by atoms with Crippen LogP contribution in [0.2, 0.25) is 0 Å². The van der Waals surface area contributed by atoms with Gasteiger partial charge >= 0.3 is 6.36 Å². The fourth-order valence-corrected chi connectivity index (χ4v) is 1.89. The second-order valence-electron chi connectivity index (χ2n) is 4.12. The summed E-state index contributed by atoms with van der Waals surface area (Å²) in [6.45, 7) is 1.80. The molecule has 0 unspecified atom stereocenters. The number of rotatable bonds is 3. The Kier molecular flexibility index (Phi) is 4.26. The molecule has 0 saturated carbocycles. The predicted octanol–water partition coefficient (Wildman–Crippen LogP) is 4.43. The Morgan fingerprint density at radius 3 is 2.52 bits per heavy atom. The zero-order chi connectivity index (χ0) is 15.6. The van der Waals surface area contributed by atoms with Gasteiger partial charge in [0, 0.05) is 18.0 Å². The summed E-state index contributed by atoms with van der Waals surface area (Å²) in [7, 11) is 0. The van der Waals surface area contributed by atoms with Gasteiger partial charge in [-0.2, -0.15) is 0 Å². The van der Waals surface area contributed by atoms with E-state index in [4.69, 9.17) is 10.5 Å². The molecule has 0 fully saturated rings. The van der Waals surface area contributed by atoms with E-state index in [1.165, 1.54) is 18.2 Å². The van der Waals surface area contributed by atoms with Crippen LogP contribution in [0.5, 0.6) is 17.4 Å². The fourth-order valence-electron chi connectivity index (χ4n) is 1.45. The molecule has 1 aromatic carbocycles. The number of benzene rings is 1. The van der Waals surface area contributed by atoms with Gasteiger partial charge in [0.05, 0.1) is 4.47 Å². The third-order valence-corrected chi connectivity index (χ3v) is 3.09. The lowest BCUT2D eigenvalue weighted by Gasteiger charge is -2.12. The highest BCUT2D eigenvalue weighted by molar-refractivity contribution is 9.10. The first-order valence-electron chi connectivity index (χ1n) is 5.70. The summed E-state index contributed by atoms with van der Waals surface area (Å²) in [6, 6.07) is 5.36. The summed E-state index contributed by atoms with van der Waals surface area (Å²) in [6.07, 6.45) is -3.21. The Labute approximate surface area is 126 Å². The van der Waals surface area contributed by atoms with Gasteiger partial charge < -0.3 is 15.2 Å². The molecule has 0 aliphatic rings. The number of ether oxygens (including phenoxy) is 2. The maximum absolute atomic E-state index is 12.2. The van der Waals surface area contributed by atoms with Crippen LogP contribution in [-0.4, -0.2) is 11.3 Å². The van der Waals surface area contributed by atoms with Crippen LogP contribution in [0.1, 0.15) is 5.56 Å². The standard InChI is InChI=1S/C13H10BrF3N2O2/c1-7-6-19-12(5-10(7)18)20-8-2-3-11(9(14)4-8)21-13(15,16)17/h2-6H,1H3,(H2,18,19). The number of aromatic nitrogens is 1. The molecule has 0 bridgehead atoms. The van der Waals surface area contributed by atoms with Crippen molar-refractivity contribution in [2.24, 2.45) is 0 Å². The lowest BCUT2D eigenvalue weighted by atomic mass is 10.3. The van der Waals surface area contributed by atoms with E-state index in [2.05, 4.69) is 25.7 Å². The Balaban J connectivity index is 2.18. The van der Waals surface area contributed by atoms with Crippen molar-refractivity contribution in [3.8, 4) is 17.4 Å². The zero-order valence-electron chi connectivity index (χ0n) is 10.7. The molecule has 0 aliphatic carbocycles. The average Bonchev–Trinajstić information content (AvgIpc) is 2.36. The first-order valence-corrected chi connectivity index (χ1v) is 6.49. The predicted molar refractivity (Wildman–Crippen MR) is 74.3 cm³/mol. The first-order chi connectivity index (χ1) is 9.74. The Morgan fingerprint density at radius 1 is 1.24 bits per heavy atom. The second kappa shape index (κ2) is 5.80. The van der Waals surface area contributed by atoms with E-state index in [1.807, 2.05) is 0 Å². The quantitative estimate of drug-likeness (QED) is 0.877. The van der Waals surface area contributed by atoms with Gasteiger partial charge in [-0.25, -0.2) is 4.98 Å². The van der Waals surface area contributed by atoms with Gasteiger partial charge in [-0.05, 0) is 46.6 Å². The number of nitrogen functional groups attached to an aromatic ring is 1. The summed E-state index contributed by atoms with van der Waals surface area (Å²) in [4.78, 5) is 4.02. The highest BCUT2D eigenvalue weighted by Gasteiger charge is 2.32. The molecule has 112 valence electrons. The van der Waals surface area contributed by atoms with E-state index in [-0.39, 0.29) is 16.1 Å². The number of nitrogens with two attached hydrogens (primary N) is 1. The lowest BCUT2D eigenvalue weighted by molar-refractivity contribution is -0.274. The molecular formula is C13H10BrF3N2O2. The normalized spacial score (nSPS) is 11.3. The van der Waals surface area contributed by atoms with Gasteiger partial charge in [0.2, 0.25) is 5.88 Å². The highest BCUT2D eigenvalue weighted by Crippen LogP contribution is 2.34. The molecule has 2 rings (SSSR count). The number of pyridine rings is 1. The highest BCUT2D eigenvalue weighted by atomic mass is 79.9. The molecular weight excluding hydrogens is 353 g/mol. The maximum atomic E-state index is 12.2. The number of hydrogen-bond donors (Lipinski definition) is 1. The SMILES string of the molecule is Cc1cnc(Oc2ccc(OC(F)(F)F)c(Br)c2)cc1N. The number of anilines is 1. The molecule has 2 N–H and O–H groups in total. The molecule has 21 heavy (non-hydrogen) atoms. The van der Waals surface area contributed by atoms with Gasteiger partial charge in [-0.3, -0.25) is 0 Å². The summed E-state index contributed by atoms with van der Waals surface area (Å²) >= 11 is 2.99. The molecule has 0 radical (unpaired) electrons. The molecule has 0 atom stereocenters. The van der Waals surface area contributed by atoms with Crippen LogP contribution in [0, 0.1) is 6.92 Å². The molecule has 1 aromatic heterocycles. The third-order valence-electron chi connectivity index (χ3n) is 2.47. The van der Waals surface area contributed by atoms with Crippen molar-refractivity contribution in [1.29, 1.82) is 0 Å². The van der Waals surface area contributed by atoms with Crippen LogP contribution in [0.25, 0.3) is 0 Å². The fraction of sp³-hybridized carbons (Fsp3) is 0.154. The van der Waals surface area contributed by atoms with E-state index in [0.717, 1.165) is 11.6 Å². The van der Waals surface area contributed by atoms with Crippen molar-refractivity contribution < 1.29 is 22.6 Å². The van der Waals surface area contributed by atoms with Crippen LogP contribution >= 0.6 is 15.9 Å². The minimum Gasteiger partial charge on any atom is -0.439 e. The van der Waals surface area contributed by atoms with E-state index < -0.39 is 6.36 Å². The molecule has 2 aromatic rings. The van der Waals surface area contributed by atoms with Crippen LogP contribution in [0.4, 0.5) is 18.9 Å². The molecule has 1 heterocycles. The molecule has 8 heteroatoms. The van der Waals surface area contributed by atoms with Crippen LogP contribution < -0.4 is 15.2 Å². The summed E-state index contributed by atoms with van der Waals surface area (Å²) in [5, 5.41) is 0. The number of halogens is 4. The minimum absolute atomic E-state index is 0.109. The Bertz CT molecular complexity index is 662. The number of aryl methyl sites for hydroxylation is 1. The molecule has 0 aliphatic heterocycles. The van der Waals surface area contributed by atoms with Crippen LogP contribution in [0.3, 0.4) is 0 Å². The monoisotopic (exact) mass is 362 g/mol. The first kappa shape index (κ1) is 15.4. The zero-order valence-corrected chi connectivity index (χ0v) is 12.3. The van der Waals surface area contributed by atoms with Gasteiger partial charge in [0.25, 0.3) is 0 Å². The summed E-state index contributed by atoms with van der Waals surface area (Å²) in [5.41, 5.74) is 7.04.